The van der Waals surface area contributed by atoms with Gasteiger partial charge in [0.1, 0.15) is 0 Å². The lowest BCUT2D eigenvalue weighted by Crippen LogP contribution is -2.57. The van der Waals surface area contributed by atoms with Crippen molar-refractivity contribution in [1.82, 2.24) is 15.5 Å². The second kappa shape index (κ2) is 8.11. The molecule has 1 amide bonds. The monoisotopic (exact) mass is 384 g/mol. The van der Waals surface area contributed by atoms with Crippen LogP contribution in [0.4, 0.5) is 0 Å². The first-order valence-electron chi connectivity index (χ1n) is 8.68. The number of carbonyl (C=O) groups is 1. The van der Waals surface area contributed by atoms with Crippen molar-refractivity contribution in [2.75, 3.05) is 39.0 Å². The fourth-order valence-corrected chi connectivity index (χ4v) is 4.20. The molecule has 0 spiro atoms. The zero-order valence-corrected chi connectivity index (χ0v) is 16.6. The third-order valence-corrected chi connectivity index (χ3v) is 7.08. The molecule has 1 saturated heterocycles. The van der Waals surface area contributed by atoms with Gasteiger partial charge in [0.2, 0.25) is 0 Å². The standard InChI is InChI=1S/C17H28N4O4S/c1-13-6-10-25-14(13)15(22)19-7-5-8-20-16(18-4)21-9-11-26(23,24)17(2,3)12-21/h6,10H,5,7-9,11-12H2,1-4H3,(H,18,20)(H,19,22). The molecule has 2 N–H and O–H groups in total. The van der Waals surface area contributed by atoms with Crippen LogP contribution in [0.3, 0.4) is 0 Å². The van der Waals surface area contributed by atoms with E-state index in [1.807, 2.05) is 11.8 Å². The summed E-state index contributed by atoms with van der Waals surface area (Å²) in [5, 5.41) is 6.05. The first-order valence-corrected chi connectivity index (χ1v) is 10.3. The van der Waals surface area contributed by atoms with E-state index >= 15 is 0 Å². The van der Waals surface area contributed by atoms with E-state index < -0.39 is 14.6 Å². The van der Waals surface area contributed by atoms with Crippen LogP contribution in [0.25, 0.3) is 0 Å². The molecule has 0 aliphatic carbocycles. The Hall–Kier alpha value is -2.03. The fraction of sp³-hybridized carbons (Fsp3) is 0.647. The normalized spacial score (nSPS) is 19.2. The molecule has 8 nitrogen and oxygen atoms in total. The molecule has 1 aliphatic heterocycles. The maximum Gasteiger partial charge on any atom is 0.287 e. The lowest BCUT2D eigenvalue weighted by molar-refractivity contribution is 0.0925. The van der Waals surface area contributed by atoms with Gasteiger partial charge in [0.05, 0.1) is 16.8 Å². The van der Waals surface area contributed by atoms with Crippen molar-refractivity contribution in [3.63, 3.8) is 0 Å². The van der Waals surface area contributed by atoms with Crippen LogP contribution in [-0.4, -0.2) is 68.9 Å². The maximum absolute atomic E-state index is 12.1. The molecule has 9 heteroatoms. The molecule has 1 aromatic rings. The van der Waals surface area contributed by atoms with Crippen LogP contribution >= 0.6 is 0 Å². The quantitative estimate of drug-likeness (QED) is 0.442. The van der Waals surface area contributed by atoms with Crippen molar-refractivity contribution in [2.24, 2.45) is 4.99 Å². The fourth-order valence-electron chi connectivity index (χ4n) is 2.83. The molecule has 0 unspecified atom stereocenters. The molecule has 2 rings (SSSR count). The second-order valence-corrected chi connectivity index (χ2v) is 9.76. The molecule has 2 heterocycles. The molecule has 26 heavy (non-hydrogen) atoms. The van der Waals surface area contributed by atoms with Gasteiger partial charge in [-0.05, 0) is 33.3 Å². The molecular formula is C17H28N4O4S. The first kappa shape index (κ1) is 20.3. The van der Waals surface area contributed by atoms with Crippen molar-refractivity contribution in [2.45, 2.75) is 31.9 Å². The number of carbonyl (C=O) groups excluding carboxylic acids is 1. The van der Waals surface area contributed by atoms with E-state index in [4.69, 9.17) is 4.42 Å². The van der Waals surface area contributed by atoms with Gasteiger partial charge in [0.15, 0.2) is 21.6 Å². The van der Waals surface area contributed by atoms with E-state index in [0.717, 1.165) is 5.56 Å². The van der Waals surface area contributed by atoms with Gasteiger partial charge in [0.25, 0.3) is 5.91 Å². The first-order chi connectivity index (χ1) is 12.2. The van der Waals surface area contributed by atoms with Gasteiger partial charge in [-0.3, -0.25) is 9.79 Å². The summed E-state index contributed by atoms with van der Waals surface area (Å²) in [6, 6.07) is 1.75. The highest BCUT2D eigenvalue weighted by atomic mass is 32.2. The molecule has 0 saturated carbocycles. The molecule has 1 aliphatic rings. The number of amides is 1. The van der Waals surface area contributed by atoms with Crippen LogP contribution in [0, 0.1) is 6.92 Å². The summed E-state index contributed by atoms with van der Waals surface area (Å²) in [6.07, 6.45) is 2.20. The highest BCUT2D eigenvalue weighted by Gasteiger charge is 2.40. The van der Waals surface area contributed by atoms with Gasteiger partial charge in [-0.2, -0.15) is 0 Å². The highest BCUT2D eigenvalue weighted by Crippen LogP contribution is 2.23. The molecular weight excluding hydrogens is 356 g/mol. The van der Waals surface area contributed by atoms with Gasteiger partial charge in [-0.1, -0.05) is 0 Å². The molecule has 0 atom stereocenters. The minimum atomic E-state index is -3.08. The number of furan rings is 1. The van der Waals surface area contributed by atoms with E-state index in [1.165, 1.54) is 6.26 Å². The van der Waals surface area contributed by atoms with Crippen LogP contribution in [0.5, 0.6) is 0 Å². The molecule has 1 fully saturated rings. The average molecular weight is 385 g/mol. The number of nitrogens with zero attached hydrogens (tertiary/aromatic N) is 2. The van der Waals surface area contributed by atoms with Gasteiger partial charge >= 0.3 is 0 Å². The second-order valence-electron chi connectivity index (χ2n) is 7.02. The van der Waals surface area contributed by atoms with Crippen LogP contribution in [0.2, 0.25) is 0 Å². The van der Waals surface area contributed by atoms with Gasteiger partial charge in [-0.15, -0.1) is 0 Å². The number of rotatable bonds is 5. The SMILES string of the molecule is CN=C(NCCCNC(=O)c1occc1C)N1CCS(=O)(=O)C(C)(C)C1. The van der Waals surface area contributed by atoms with E-state index in [1.54, 1.807) is 27.0 Å². The Bertz CT molecular complexity index is 767. The predicted octanol–water partition coefficient (Wildman–Crippen LogP) is 0.792. The Kier molecular flexibility index (Phi) is 6.33. The van der Waals surface area contributed by atoms with Crippen molar-refractivity contribution in [1.29, 1.82) is 0 Å². The molecule has 0 bridgehead atoms. The van der Waals surface area contributed by atoms with Crippen molar-refractivity contribution in [3.8, 4) is 0 Å². The maximum atomic E-state index is 12.1. The van der Waals surface area contributed by atoms with Crippen molar-refractivity contribution < 1.29 is 17.6 Å². The van der Waals surface area contributed by atoms with E-state index in [0.29, 0.717) is 44.3 Å². The van der Waals surface area contributed by atoms with Crippen LogP contribution in [0.1, 0.15) is 36.4 Å². The van der Waals surface area contributed by atoms with Gasteiger partial charge in [-0.25, -0.2) is 8.42 Å². The van der Waals surface area contributed by atoms with E-state index in [2.05, 4.69) is 15.6 Å². The summed E-state index contributed by atoms with van der Waals surface area (Å²) in [6.45, 7) is 7.27. The van der Waals surface area contributed by atoms with E-state index in [-0.39, 0.29) is 11.7 Å². The summed E-state index contributed by atoms with van der Waals surface area (Å²) < 4.78 is 28.6. The highest BCUT2D eigenvalue weighted by molar-refractivity contribution is 7.92. The molecule has 0 aromatic carbocycles. The summed E-state index contributed by atoms with van der Waals surface area (Å²) >= 11 is 0. The number of hydrogen-bond acceptors (Lipinski definition) is 5. The number of hydrogen-bond donors (Lipinski definition) is 2. The Morgan fingerprint density at radius 3 is 2.62 bits per heavy atom. The summed E-state index contributed by atoms with van der Waals surface area (Å²) in [5.74, 6) is 0.922. The third-order valence-electron chi connectivity index (χ3n) is 4.55. The lowest BCUT2D eigenvalue weighted by Gasteiger charge is -2.39. The molecule has 146 valence electrons. The number of aliphatic imine (C=N–C) groups is 1. The number of nitrogens with one attached hydrogen (secondary N) is 2. The van der Waals surface area contributed by atoms with Crippen LogP contribution in [0.15, 0.2) is 21.7 Å². The zero-order chi connectivity index (χ0) is 19.4. The van der Waals surface area contributed by atoms with E-state index in [9.17, 15) is 13.2 Å². The Morgan fingerprint density at radius 2 is 2.04 bits per heavy atom. The number of guanidine groups is 1. The number of aryl methyl sites for hydroxylation is 1. The summed E-state index contributed by atoms with van der Waals surface area (Å²) in [5.41, 5.74) is 0.809. The minimum Gasteiger partial charge on any atom is -0.459 e. The smallest absolute Gasteiger partial charge is 0.287 e. The average Bonchev–Trinajstić information content (AvgIpc) is 3.00. The van der Waals surface area contributed by atoms with Gasteiger partial charge in [0, 0.05) is 38.8 Å². The Labute approximate surface area is 155 Å². The summed E-state index contributed by atoms with van der Waals surface area (Å²) in [7, 11) is -1.40. The summed E-state index contributed by atoms with van der Waals surface area (Å²) in [4.78, 5) is 18.2. The Balaban J connectivity index is 1.76. The van der Waals surface area contributed by atoms with Gasteiger partial charge < -0.3 is 20.0 Å². The molecule has 0 radical (unpaired) electrons. The largest absolute Gasteiger partial charge is 0.459 e. The molecule has 1 aromatic heterocycles. The van der Waals surface area contributed by atoms with Crippen LogP contribution in [-0.2, 0) is 9.84 Å². The topological polar surface area (TPSA) is 104 Å². The predicted molar refractivity (Wildman–Crippen MR) is 101 cm³/mol. The minimum absolute atomic E-state index is 0.124. The Morgan fingerprint density at radius 1 is 1.35 bits per heavy atom. The number of sulfone groups is 1. The lowest BCUT2D eigenvalue weighted by atomic mass is 10.2. The van der Waals surface area contributed by atoms with Crippen LogP contribution < -0.4 is 10.6 Å². The zero-order valence-electron chi connectivity index (χ0n) is 15.8. The third kappa shape index (κ3) is 4.57. The van der Waals surface area contributed by atoms with Crippen molar-refractivity contribution in [3.05, 3.63) is 23.7 Å². The van der Waals surface area contributed by atoms with Crippen molar-refractivity contribution >= 4 is 21.7 Å².